The van der Waals surface area contributed by atoms with Gasteiger partial charge in [-0.3, -0.25) is 5.10 Å². The van der Waals surface area contributed by atoms with E-state index >= 15 is 0 Å². The fourth-order valence-corrected chi connectivity index (χ4v) is 5.13. The molecule has 114 valence electrons. The van der Waals surface area contributed by atoms with Crippen LogP contribution in [-0.2, 0) is 16.6 Å². The Labute approximate surface area is 123 Å². The number of aromatic nitrogens is 2. The fourth-order valence-electron chi connectivity index (χ4n) is 2.61. The molecular formula is C12H21N3O3S2. The zero-order valence-corrected chi connectivity index (χ0v) is 13.4. The molecule has 3 N–H and O–H groups in total. The average Bonchev–Trinajstić information content (AvgIpc) is 2.81. The monoisotopic (exact) mass is 319 g/mol. The predicted molar refractivity (Wildman–Crippen MR) is 79.1 cm³/mol. The number of aliphatic hydroxyl groups excluding tert-OH is 1. The second-order valence-electron chi connectivity index (χ2n) is 5.08. The molecule has 0 amide bonds. The van der Waals surface area contributed by atoms with Crippen molar-refractivity contribution in [3.05, 3.63) is 11.3 Å². The van der Waals surface area contributed by atoms with Gasteiger partial charge in [-0.1, -0.05) is 12.8 Å². The van der Waals surface area contributed by atoms with E-state index in [1.54, 1.807) is 18.7 Å². The van der Waals surface area contributed by atoms with Crippen LogP contribution in [0.3, 0.4) is 0 Å². The number of nitrogens with one attached hydrogen (secondary N) is 2. The Bertz CT molecular complexity index is 556. The normalized spacial score (nSPS) is 23.9. The van der Waals surface area contributed by atoms with E-state index in [-0.39, 0.29) is 17.7 Å². The summed E-state index contributed by atoms with van der Waals surface area (Å²) >= 11 is 1.70. The van der Waals surface area contributed by atoms with Crippen LogP contribution in [0.2, 0.25) is 0 Å². The summed E-state index contributed by atoms with van der Waals surface area (Å²) in [7, 11) is -3.69. The minimum Gasteiger partial charge on any atom is -0.392 e. The second kappa shape index (κ2) is 6.46. The highest BCUT2D eigenvalue weighted by Gasteiger charge is 2.31. The van der Waals surface area contributed by atoms with Crippen molar-refractivity contribution in [3.63, 3.8) is 0 Å². The van der Waals surface area contributed by atoms with Crippen LogP contribution in [-0.4, -0.2) is 41.3 Å². The molecule has 1 aromatic rings. The Morgan fingerprint density at radius 2 is 2.15 bits per heavy atom. The summed E-state index contributed by atoms with van der Waals surface area (Å²) in [6.07, 6.45) is 6.07. The highest BCUT2D eigenvalue weighted by molar-refractivity contribution is 7.99. The van der Waals surface area contributed by atoms with Gasteiger partial charge in [0.05, 0.1) is 6.61 Å². The van der Waals surface area contributed by atoms with E-state index < -0.39 is 10.0 Å². The minimum absolute atomic E-state index is 0.0627. The molecule has 8 heteroatoms. The molecule has 2 atom stereocenters. The number of hydrogen-bond donors (Lipinski definition) is 3. The van der Waals surface area contributed by atoms with Crippen molar-refractivity contribution in [2.75, 3.05) is 6.26 Å². The molecule has 2 rings (SSSR count). The summed E-state index contributed by atoms with van der Waals surface area (Å²) in [4.78, 5) is 0. The quantitative estimate of drug-likeness (QED) is 0.757. The summed E-state index contributed by atoms with van der Waals surface area (Å²) in [5, 5.41) is 16.0. The Morgan fingerprint density at radius 3 is 2.80 bits per heavy atom. The van der Waals surface area contributed by atoms with Gasteiger partial charge in [0, 0.05) is 22.5 Å². The molecule has 1 aliphatic rings. The van der Waals surface area contributed by atoms with Crippen LogP contribution in [0.5, 0.6) is 0 Å². The number of sulfonamides is 1. The number of aromatic amines is 1. The molecule has 0 saturated heterocycles. The van der Waals surface area contributed by atoms with Crippen LogP contribution >= 0.6 is 11.8 Å². The molecule has 20 heavy (non-hydrogen) atoms. The van der Waals surface area contributed by atoms with Gasteiger partial charge in [-0.15, -0.1) is 0 Å². The number of rotatable bonds is 5. The van der Waals surface area contributed by atoms with Gasteiger partial charge in [-0.25, -0.2) is 13.1 Å². The largest absolute Gasteiger partial charge is 0.392 e. The lowest BCUT2D eigenvalue weighted by Gasteiger charge is -2.30. The van der Waals surface area contributed by atoms with Crippen molar-refractivity contribution in [2.45, 2.75) is 55.5 Å². The summed E-state index contributed by atoms with van der Waals surface area (Å²) in [6.45, 7) is 1.36. The smallest absolute Gasteiger partial charge is 0.260 e. The van der Waals surface area contributed by atoms with E-state index in [0.29, 0.717) is 16.5 Å². The summed E-state index contributed by atoms with van der Waals surface area (Å²) < 4.78 is 27.6. The van der Waals surface area contributed by atoms with E-state index in [1.165, 1.54) is 0 Å². The van der Waals surface area contributed by atoms with Crippen LogP contribution in [0.4, 0.5) is 0 Å². The molecule has 0 aliphatic heterocycles. The number of aryl methyl sites for hydroxylation is 1. The summed E-state index contributed by atoms with van der Waals surface area (Å²) in [6, 6.07) is -0.0627. The molecule has 6 nitrogen and oxygen atoms in total. The van der Waals surface area contributed by atoms with Gasteiger partial charge in [-0.2, -0.15) is 16.9 Å². The van der Waals surface area contributed by atoms with Crippen molar-refractivity contribution < 1.29 is 13.5 Å². The zero-order chi connectivity index (χ0) is 14.8. The van der Waals surface area contributed by atoms with E-state index in [9.17, 15) is 13.5 Å². The van der Waals surface area contributed by atoms with E-state index in [1.807, 2.05) is 6.26 Å². The molecule has 1 heterocycles. The highest BCUT2D eigenvalue weighted by Crippen LogP contribution is 2.28. The Kier molecular flexibility index (Phi) is 5.11. The van der Waals surface area contributed by atoms with Gasteiger partial charge in [-0.05, 0) is 26.0 Å². The fraction of sp³-hybridized carbons (Fsp3) is 0.750. The first-order chi connectivity index (χ1) is 9.49. The zero-order valence-electron chi connectivity index (χ0n) is 11.7. The van der Waals surface area contributed by atoms with Gasteiger partial charge in [0.2, 0.25) is 0 Å². The molecule has 1 aliphatic carbocycles. The van der Waals surface area contributed by atoms with E-state index in [4.69, 9.17) is 0 Å². The van der Waals surface area contributed by atoms with Crippen molar-refractivity contribution in [1.29, 1.82) is 0 Å². The second-order valence-corrected chi connectivity index (χ2v) is 7.78. The SMILES string of the molecule is CSC1CCCCC1NS(=O)(=O)c1n[nH]c(C)c1CO. The third-order valence-electron chi connectivity index (χ3n) is 3.76. The molecular weight excluding hydrogens is 298 g/mol. The van der Waals surface area contributed by atoms with Gasteiger partial charge in [0.15, 0.2) is 5.03 Å². The van der Waals surface area contributed by atoms with Crippen molar-refractivity contribution >= 4 is 21.8 Å². The van der Waals surface area contributed by atoms with Crippen LogP contribution in [0.1, 0.15) is 36.9 Å². The molecule has 2 unspecified atom stereocenters. The summed E-state index contributed by atoms with van der Waals surface area (Å²) in [5.41, 5.74) is 0.923. The number of nitrogens with zero attached hydrogens (tertiary/aromatic N) is 1. The number of H-pyrrole nitrogens is 1. The molecule has 0 spiro atoms. The molecule has 0 bridgehead atoms. The first-order valence-corrected chi connectivity index (χ1v) is 9.46. The maximum atomic E-state index is 12.4. The Hall–Kier alpha value is -0.570. The number of hydrogen-bond acceptors (Lipinski definition) is 5. The lowest BCUT2D eigenvalue weighted by molar-refractivity contribution is 0.277. The topological polar surface area (TPSA) is 95.1 Å². The van der Waals surface area contributed by atoms with Crippen LogP contribution < -0.4 is 4.72 Å². The van der Waals surface area contributed by atoms with Crippen molar-refractivity contribution in [2.24, 2.45) is 0 Å². The molecule has 0 aromatic carbocycles. The predicted octanol–water partition coefficient (Wildman–Crippen LogP) is 1.16. The average molecular weight is 319 g/mol. The first-order valence-electron chi connectivity index (χ1n) is 6.69. The molecule has 1 aromatic heterocycles. The van der Waals surface area contributed by atoms with Crippen molar-refractivity contribution in [1.82, 2.24) is 14.9 Å². The van der Waals surface area contributed by atoms with Crippen molar-refractivity contribution in [3.8, 4) is 0 Å². The third kappa shape index (κ3) is 3.19. The number of thioether (sulfide) groups is 1. The van der Waals surface area contributed by atoms with Crippen LogP contribution in [0.25, 0.3) is 0 Å². The molecule has 1 fully saturated rings. The summed E-state index contributed by atoms with van der Waals surface area (Å²) in [5.74, 6) is 0. The molecule has 1 saturated carbocycles. The highest BCUT2D eigenvalue weighted by atomic mass is 32.2. The molecule has 0 radical (unpaired) electrons. The third-order valence-corrected chi connectivity index (χ3v) is 6.39. The van der Waals surface area contributed by atoms with Gasteiger partial charge in [0.1, 0.15) is 0 Å². The van der Waals surface area contributed by atoms with E-state index in [2.05, 4.69) is 14.9 Å². The van der Waals surface area contributed by atoms with Gasteiger partial charge in [0.25, 0.3) is 10.0 Å². The van der Waals surface area contributed by atoms with Gasteiger partial charge >= 0.3 is 0 Å². The Balaban J connectivity index is 2.22. The maximum Gasteiger partial charge on any atom is 0.260 e. The lowest BCUT2D eigenvalue weighted by Crippen LogP contribution is -2.43. The Morgan fingerprint density at radius 1 is 1.45 bits per heavy atom. The van der Waals surface area contributed by atoms with E-state index in [0.717, 1.165) is 25.7 Å². The standard InChI is InChI=1S/C12H21N3O3S2/c1-8-9(7-16)12(14-13-8)20(17,18)15-10-5-3-4-6-11(10)19-2/h10-11,15-16H,3-7H2,1-2H3,(H,13,14). The number of aliphatic hydroxyl groups is 1. The minimum atomic E-state index is -3.69. The van der Waals surface area contributed by atoms with Crippen LogP contribution in [0, 0.1) is 6.92 Å². The first kappa shape index (κ1) is 15.8. The van der Waals surface area contributed by atoms with Crippen LogP contribution in [0.15, 0.2) is 5.03 Å². The maximum absolute atomic E-state index is 12.4. The van der Waals surface area contributed by atoms with Gasteiger partial charge < -0.3 is 5.11 Å². The lowest BCUT2D eigenvalue weighted by atomic mass is 9.96.